The number of aryl methyl sites for hydroxylation is 1. The molecule has 0 aromatic heterocycles. The van der Waals surface area contributed by atoms with Gasteiger partial charge >= 0.3 is 0 Å². The highest BCUT2D eigenvalue weighted by atomic mass is 32.2. The van der Waals surface area contributed by atoms with Gasteiger partial charge in [0.25, 0.3) is 5.91 Å². The molecule has 1 fully saturated rings. The zero-order valence-electron chi connectivity index (χ0n) is 18.3. The third-order valence-corrected chi connectivity index (χ3v) is 7.15. The van der Waals surface area contributed by atoms with Gasteiger partial charge in [0.1, 0.15) is 5.75 Å². The van der Waals surface area contributed by atoms with Gasteiger partial charge in [0.15, 0.2) is 9.84 Å². The average Bonchev–Trinajstić information content (AvgIpc) is 2.69. The zero-order valence-corrected chi connectivity index (χ0v) is 19.1. The fraction of sp³-hybridized carbons (Fsp3) is 0.417. The van der Waals surface area contributed by atoms with Gasteiger partial charge < -0.3 is 10.2 Å². The largest absolute Gasteiger partial charge is 0.333 e. The van der Waals surface area contributed by atoms with Gasteiger partial charge in [-0.15, -0.1) is 0 Å². The molecule has 1 aliphatic heterocycles. The highest BCUT2D eigenvalue weighted by Crippen LogP contribution is 2.25. The molecular formula is C24H30N2O4S. The summed E-state index contributed by atoms with van der Waals surface area (Å²) >= 11 is 0. The summed E-state index contributed by atoms with van der Waals surface area (Å²) in [6.07, 6.45) is 3.05. The molecule has 2 aromatic carbocycles. The number of benzene rings is 2. The first-order valence-corrected chi connectivity index (χ1v) is 12.5. The molecule has 166 valence electrons. The minimum absolute atomic E-state index is 0.0731. The predicted molar refractivity (Wildman–Crippen MR) is 123 cm³/mol. The number of sulfone groups is 1. The minimum Gasteiger partial charge on any atom is -0.333 e. The number of likely N-dealkylation sites (tertiary alicyclic amines) is 1. The van der Waals surface area contributed by atoms with Crippen LogP contribution in [-0.2, 0) is 20.4 Å². The number of nitrogens with zero attached hydrogens (tertiary/aromatic N) is 1. The molecule has 0 bridgehead atoms. The van der Waals surface area contributed by atoms with Crippen LogP contribution in [0.25, 0.3) is 0 Å². The predicted octanol–water partition coefficient (Wildman–Crippen LogP) is 3.95. The number of piperidine rings is 1. The Morgan fingerprint density at radius 2 is 1.68 bits per heavy atom. The van der Waals surface area contributed by atoms with Gasteiger partial charge in [-0.05, 0) is 69.9 Å². The van der Waals surface area contributed by atoms with Crippen molar-refractivity contribution in [1.82, 2.24) is 4.90 Å². The van der Waals surface area contributed by atoms with Crippen LogP contribution in [0.3, 0.4) is 0 Å². The number of hydrogen-bond donors (Lipinski definition) is 1. The van der Waals surface area contributed by atoms with Crippen molar-refractivity contribution in [3.05, 3.63) is 65.2 Å². The highest BCUT2D eigenvalue weighted by molar-refractivity contribution is 7.91. The van der Waals surface area contributed by atoms with Crippen LogP contribution < -0.4 is 5.32 Å². The van der Waals surface area contributed by atoms with Gasteiger partial charge in [0.2, 0.25) is 5.91 Å². The monoisotopic (exact) mass is 442 g/mol. The Kier molecular flexibility index (Phi) is 7.15. The first-order valence-electron chi connectivity index (χ1n) is 10.6. The fourth-order valence-electron chi connectivity index (χ4n) is 4.10. The summed E-state index contributed by atoms with van der Waals surface area (Å²) in [7, 11) is -3.69. The third kappa shape index (κ3) is 6.17. The minimum atomic E-state index is -3.69. The van der Waals surface area contributed by atoms with Crippen LogP contribution in [0.1, 0.15) is 54.6 Å². The summed E-state index contributed by atoms with van der Waals surface area (Å²) in [6, 6.07) is 14.2. The molecule has 1 heterocycles. The molecule has 1 saturated heterocycles. The standard InChI is InChI=1S/C24H30N2O4S/c1-17-10-12-22(13-11-17)25-23(27)16-31(29,30)15-20-8-5-9-21(14-20)24(28)26-18(2)6-4-7-19(26)3/h5,8-14,18-19H,4,6-7,15-16H2,1-3H3,(H,25,27). The maximum Gasteiger partial charge on any atom is 0.254 e. The Labute approximate surface area is 184 Å². The molecule has 2 unspecified atom stereocenters. The van der Waals surface area contributed by atoms with Gasteiger partial charge in [-0.25, -0.2) is 8.42 Å². The molecule has 3 rings (SSSR count). The Bertz CT molecular complexity index is 1040. The molecule has 6 nitrogen and oxygen atoms in total. The number of hydrogen-bond acceptors (Lipinski definition) is 4. The molecule has 2 atom stereocenters. The molecule has 1 N–H and O–H groups in total. The molecule has 0 radical (unpaired) electrons. The lowest BCUT2D eigenvalue weighted by Crippen LogP contribution is -2.47. The molecule has 2 amide bonds. The Hall–Kier alpha value is -2.67. The topological polar surface area (TPSA) is 83.5 Å². The molecule has 0 aliphatic carbocycles. The number of carbonyl (C=O) groups excluding carboxylic acids is 2. The lowest BCUT2D eigenvalue weighted by molar-refractivity contribution is -0.113. The van der Waals surface area contributed by atoms with Crippen molar-refractivity contribution in [1.29, 1.82) is 0 Å². The number of nitrogens with one attached hydrogen (secondary N) is 1. The van der Waals surface area contributed by atoms with Crippen LogP contribution in [0.15, 0.2) is 48.5 Å². The Morgan fingerprint density at radius 3 is 2.32 bits per heavy atom. The highest BCUT2D eigenvalue weighted by Gasteiger charge is 2.29. The van der Waals surface area contributed by atoms with E-state index in [2.05, 4.69) is 19.2 Å². The Morgan fingerprint density at radius 1 is 1.03 bits per heavy atom. The molecule has 7 heteroatoms. The van der Waals surface area contributed by atoms with E-state index in [9.17, 15) is 18.0 Å². The van der Waals surface area contributed by atoms with Crippen molar-refractivity contribution in [3.8, 4) is 0 Å². The second-order valence-electron chi connectivity index (χ2n) is 8.49. The van der Waals surface area contributed by atoms with Crippen molar-refractivity contribution in [2.24, 2.45) is 0 Å². The summed E-state index contributed by atoms with van der Waals surface area (Å²) in [5.74, 6) is -1.55. The maximum atomic E-state index is 13.1. The van der Waals surface area contributed by atoms with E-state index in [1.54, 1.807) is 36.4 Å². The van der Waals surface area contributed by atoms with Gasteiger partial charge in [-0.1, -0.05) is 29.8 Å². The zero-order chi connectivity index (χ0) is 22.6. The van der Waals surface area contributed by atoms with Gasteiger partial charge in [-0.3, -0.25) is 9.59 Å². The van der Waals surface area contributed by atoms with E-state index in [-0.39, 0.29) is 23.7 Å². The number of rotatable bonds is 6. The van der Waals surface area contributed by atoms with Gasteiger partial charge in [0, 0.05) is 23.3 Å². The van der Waals surface area contributed by atoms with E-state index in [0.717, 1.165) is 24.8 Å². The van der Waals surface area contributed by atoms with Crippen LogP contribution in [0.5, 0.6) is 0 Å². The van der Waals surface area contributed by atoms with Crippen molar-refractivity contribution < 1.29 is 18.0 Å². The van der Waals surface area contributed by atoms with E-state index in [4.69, 9.17) is 0 Å². The van der Waals surface area contributed by atoms with Crippen LogP contribution in [-0.4, -0.2) is 43.0 Å². The van der Waals surface area contributed by atoms with E-state index in [1.807, 2.05) is 24.0 Å². The second-order valence-corrected chi connectivity index (χ2v) is 10.6. The number of anilines is 1. The van der Waals surface area contributed by atoms with Crippen molar-refractivity contribution in [3.63, 3.8) is 0 Å². The lowest BCUT2D eigenvalue weighted by Gasteiger charge is -2.39. The summed E-state index contributed by atoms with van der Waals surface area (Å²) in [4.78, 5) is 27.2. The summed E-state index contributed by atoms with van der Waals surface area (Å²) in [5.41, 5.74) is 2.60. The van der Waals surface area contributed by atoms with Crippen molar-refractivity contribution in [2.75, 3.05) is 11.1 Å². The third-order valence-electron chi connectivity index (χ3n) is 5.67. The second kappa shape index (κ2) is 9.64. The van der Waals surface area contributed by atoms with Crippen molar-refractivity contribution >= 4 is 27.3 Å². The smallest absolute Gasteiger partial charge is 0.254 e. The summed E-state index contributed by atoms with van der Waals surface area (Å²) < 4.78 is 25.2. The first-order chi connectivity index (χ1) is 14.6. The molecule has 1 aliphatic rings. The van der Waals surface area contributed by atoms with Crippen LogP contribution in [0.2, 0.25) is 0 Å². The quantitative estimate of drug-likeness (QED) is 0.734. The molecule has 31 heavy (non-hydrogen) atoms. The number of carbonyl (C=O) groups is 2. The van der Waals surface area contributed by atoms with E-state index >= 15 is 0 Å². The first kappa shape index (κ1) is 23.0. The molecule has 0 saturated carbocycles. The SMILES string of the molecule is Cc1ccc(NC(=O)CS(=O)(=O)Cc2cccc(C(=O)N3C(C)CCCC3C)c2)cc1. The maximum absolute atomic E-state index is 13.1. The average molecular weight is 443 g/mol. The van der Waals surface area contributed by atoms with E-state index < -0.39 is 21.5 Å². The van der Waals surface area contributed by atoms with Crippen LogP contribution in [0.4, 0.5) is 5.69 Å². The molecular weight excluding hydrogens is 412 g/mol. The van der Waals surface area contributed by atoms with Crippen molar-refractivity contribution in [2.45, 2.75) is 57.9 Å². The summed E-state index contributed by atoms with van der Waals surface area (Å²) in [6.45, 7) is 6.03. The number of amides is 2. The lowest BCUT2D eigenvalue weighted by atomic mass is 9.96. The van der Waals surface area contributed by atoms with E-state index in [1.165, 1.54) is 0 Å². The molecule has 0 spiro atoms. The summed E-state index contributed by atoms with van der Waals surface area (Å²) in [5, 5.41) is 2.61. The van der Waals surface area contributed by atoms with E-state index in [0.29, 0.717) is 16.8 Å². The normalized spacial score (nSPS) is 19.1. The van der Waals surface area contributed by atoms with Gasteiger partial charge in [0.05, 0.1) is 5.75 Å². The Balaban J connectivity index is 1.67. The molecule has 2 aromatic rings. The van der Waals surface area contributed by atoms with Crippen LogP contribution >= 0.6 is 0 Å². The van der Waals surface area contributed by atoms with Gasteiger partial charge in [-0.2, -0.15) is 0 Å². The van der Waals surface area contributed by atoms with Crippen LogP contribution in [0, 0.1) is 6.92 Å². The fourth-order valence-corrected chi connectivity index (χ4v) is 5.36.